The molecule has 0 spiro atoms. The van der Waals surface area contributed by atoms with Crippen molar-refractivity contribution >= 4 is 27.3 Å². The van der Waals surface area contributed by atoms with Crippen LogP contribution >= 0.6 is 11.3 Å². The van der Waals surface area contributed by atoms with Crippen molar-refractivity contribution in [2.75, 3.05) is 27.2 Å². The third-order valence-electron chi connectivity index (χ3n) is 4.10. The Morgan fingerprint density at radius 2 is 1.79 bits per heavy atom. The van der Waals surface area contributed by atoms with Crippen LogP contribution in [0.4, 0.5) is 0 Å². The number of thiophene rings is 1. The molecule has 1 aromatic carbocycles. The van der Waals surface area contributed by atoms with Crippen LogP contribution < -0.4 is 10.6 Å². The molecule has 28 heavy (non-hydrogen) atoms. The standard InChI is InChI=1S/C20H30N4O2S2/c1-6-21-20(22-10-9-17-12-15(2)11-16(3)13-17)23-14-18-7-8-19(27-18)28(25,26)24(4)5/h7-8,11-13H,6,9-10,14H2,1-5H3,(H2,21,22,23). The molecule has 8 heteroatoms. The molecule has 154 valence electrons. The van der Waals surface area contributed by atoms with Crippen LogP contribution in [0.5, 0.6) is 0 Å². The molecule has 2 rings (SSSR count). The molecule has 0 atom stereocenters. The maximum Gasteiger partial charge on any atom is 0.252 e. The van der Waals surface area contributed by atoms with Gasteiger partial charge < -0.3 is 10.6 Å². The molecule has 1 aromatic heterocycles. The summed E-state index contributed by atoms with van der Waals surface area (Å²) in [6, 6.07) is 10.1. The van der Waals surface area contributed by atoms with E-state index in [2.05, 4.69) is 47.7 Å². The second-order valence-corrected chi connectivity index (χ2v) is 10.4. The van der Waals surface area contributed by atoms with Crippen LogP contribution in [0.3, 0.4) is 0 Å². The van der Waals surface area contributed by atoms with Gasteiger partial charge in [-0.15, -0.1) is 11.3 Å². The average molecular weight is 423 g/mol. The first-order valence-corrected chi connectivity index (χ1v) is 11.6. The van der Waals surface area contributed by atoms with Crippen LogP contribution in [-0.2, 0) is 23.0 Å². The molecular formula is C20H30N4O2S2. The van der Waals surface area contributed by atoms with Crippen LogP contribution in [-0.4, -0.2) is 45.9 Å². The normalized spacial score (nSPS) is 12.4. The van der Waals surface area contributed by atoms with Gasteiger partial charge in [0.1, 0.15) is 4.21 Å². The highest BCUT2D eigenvalue weighted by atomic mass is 32.2. The summed E-state index contributed by atoms with van der Waals surface area (Å²) >= 11 is 1.26. The van der Waals surface area contributed by atoms with Gasteiger partial charge in [0.2, 0.25) is 0 Å². The topological polar surface area (TPSA) is 73.8 Å². The van der Waals surface area contributed by atoms with Gasteiger partial charge in [-0.05, 0) is 44.9 Å². The Morgan fingerprint density at radius 3 is 2.39 bits per heavy atom. The largest absolute Gasteiger partial charge is 0.357 e. The second kappa shape index (κ2) is 10.0. The maximum absolute atomic E-state index is 12.2. The zero-order valence-electron chi connectivity index (χ0n) is 17.2. The second-order valence-electron chi connectivity index (χ2n) is 6.88. The van der Waals surface area contributed by atoms with Gasteiger partial charge in [0.25, 0.3) is 10.0 Å². The smallest absolute Gasteiger partial charge is 0.252 e. The van der Waals surface area contributed by atoms with Crippen LogP contribution in [0.2, 0.25) is 0 Å². The number of guanidine groups is 1. The van der Waals surface area contributed by atoms with Crippen LogP contribution in [0, 0.1) is 13.8 Å². The van der Waals surface area contributed by atoms with E-state index >= 15 is 0 Å². The Bertz CT molecular complexity index is 898. The number of benzene rings is 1. The number of hydrogen-bond donors (Lipinski definition) is 2. The summed E-state index contributed by atoms with van der Waals surface area (Å²) in [5.41, 5.74) is 3.85. The van der Waals surface area contributed by atoms with Gasteiger partial charge in [0.15, 0.2) is 5.96 Å². The fourth-order valence-electron chi connectivity index (χ4n) is 2.80. The molecule has 0 saturated heterocycles. The zero-order valence-corrected chi connectivity index (χ0v) is 18.9. The molecule has 0 unspecified atom stereocenters. The molecule has 0 bridgehead atoms. The Balaban J connectivity index is 1.98. The van der Waals surface area contributed by atoms with E-state index in [1.165, 1.54) is 46.4 Å². The molecule has 0 saturated carbocycles. The summed E-state index contributed by atoms with van der Waals surface area (Å²) in [6.45, 7) is 8.22. The molecule has 6 nitrogen and oxygen atoms in total. The molecule has 0 radical (unpaired) electrons. The average Bonchev–Trinajstić information content (AvgIpc) is 3.08. The Labute approximate surface area is 172 Å². The molecule has 0 fully saturated rings. The molecule has 0 aliphatic heterocycles. The summed E-state index contributed by atoms with van der Waals surface area (Å²) in [5, 5.41) is 6.58. The van der Waals surface area contributed by atoms with Gasteiger partial charge in [-0.2, -0.15) is 0 Å². The summed E-state index contributed by atoms with van der Waals surface area (Å²) in [5.74, 6) is 0.734. The van der Waals surface area contributed by atoms with Gasteiger partial charge in [-0.1, -0.05) is 29.3 Å². The minimum absolute atomic E-state index is 0.343. The lowest BCUT2D eigenvalue weighted by molar-refractivity contribution is 0.523. The Morgan fingerprint density at radius 1 is 1.11 bits per heavy atom. The number of aryl methyl sites for hydroxylation is 2. The highest BCUT2D eigenvalue weighted by molar-refractivity contribution is 7.91. The highest BCUT2D eigenvalue weighted by Crippen LogP contribution is 2.24. The Hall–Kier alpha value is -1.90. The van der Waals surface area contributed by atoms with Crippen molar-refractivity contribution in [3.8, 4) is 0 Å². The van der Waals surface area contributed by atoms with E-state index in [-0.39, 0.29) is 0 Å². The summed E-state index contributed by atoms with van der Waals surface area (Å²) in [7, 11) is -0.310. The van der Waals surface area contributed by atoms with Crippen LogP contribution in [0.15, 0.2) is 39.5 Å². The van der Waals surface area contributed by atoms with Crippen molar-refractivity contribution in [1.82, 2.24) is 14.9 Å². The number of rotatable bonds is 8. The lowest BCUT2D eigenvalue weighted by Gasteiger charge is -2.12. The van der Waals surface area contributed by atoms with E-state index in [4.69, 9.17) is 0 Å². The fraction of sp³-hybridized carbons (Fsp3) is 0.450. The molecule has 1 heterocycles. The van der Waals surface area contributed by atoms with Gasteiger partial charge in [-0.3, -0.25) is 0 Å². The minimum atomic E-state index is -3.38. The highest BCUT2D eigenvalue weighted by Gasteiger charge is 2.19. The Kier molecular flexibility index (Phi) is 8.03. The molecule has 2 aromatic rings. The van der Waals surface area contributed by atoms with Gasteiger partial charge in [0.05, 0.1) is 6.54 Å². The number of aliphatic imine (C=N–C) groups is 1. The van der Waals surface area contributed by atoms with E-state index in [0.717, 1.165) is 30.3 Å². The van der Waals surface area contributed by atoms with E-state index in [0.29, 0.717) is 10.8 Å². The predicted octanol–water partition coefficient (Wildman–Crippen LogP) is 2.91. The molecule has 0 aliphatic carbocycles. The third-order valence-corrected chi connectivity index (χ3v) is 7.45. The maximum atomic E-state index is 12.2. The molecule has 0 amide bonds. The van der Waals surface area contributed by atoms with E-state index in [9.17, 15) is 8.42 Å². The van der Waals surface area contributed by atoms with E-state index in [1.54, 1.807) is 6.07 Å². The van der Waals surface area contributed by atoms with E-state index in [1.807, 2.05) is 13.0 Å². The quantitative estimate of drug-likeness (QED) is 0.507. The molecule has 2 N–H and O–H groups in total. The van der Waals surface area contributed by atoms with Crippen LogP contribution in [0.1, 0.15) is 28.5 Å². The number of sulfonamides is 1. The zero-order chi connectivity index (χ0) is 20.7. The van der Waals surface area contributed by atoms with Crippen molar-refractivity contribution in [3.63, 3.8) is 0 Å². The number of nitrogens with zero attached hydrogens (tertiary/aromatic N) is 2. The summed E-state index contributed by atoms with van der Waals surface area (Å²) < 4.78 is 25.9. The van der Waals surface area contributed by atoms with Gasteiger partial charge >= 0.3 is 0 Å². The van der Waals surface area contributed by atoms with Crippen molar-refractivity contribution in [2.24, 2.45) is 4.99 Å². The lowest BCUT2D eigenvalue weighted by atomic mass is 10.1. The van der Waals surface area contributed by atoms with Gasteiger partial charge in [0, 0.05) is 32.1 Å². The number of nitrogens with one attached hydrogen (secondary N) is 2. The van der Waals surface area contributed by atoms with Crippen molar-refractivity contribution < 1.29 is 8.42 Å². The predicted molar refractivity (Wildman–Crippen MR) is 118 cm³/mol. The van der Waals surface area contributed by atoms with Gasteiger partial charge in [-0.25, -0.2) is 17.7 Å². The first-order valence-electron chi connectivity index (χ1n) is 9.33. The monoisotopic (exact) mass is 422 g/mol. The van der Waals surface area contributed by atoms with Crippen molar-refractivity contribution in [3.05, 3.63) is 51.9 Å². The molecule has 0 aliphatic rings. The summed E-state index contributed by atoms with van der Waals surface area (Å²) in [6.07, 6.45) is 0.914. The SMILES string of the molecule is CCNC(=NCc1ccc(S(=O)(=O)N(C)C)s1)NCCc1cc(C)cc(C)c1. The summed E-state index contributed by atoms with van der Waals surface area (Å²) in [4.78, 5) is 5.50. The third kappa shape index (κ3) is 6.32. The minimum Gasteiger partial charge on any atom is -0.357 e. The lowest BCUT2D eigenvalue weighted by Crippen LogP contribution is -2.38. The fourth-order valence-corrected chi connectivity index (χ4v) is 5.25. The van der Waals surface area contributed by atoms with Crippen molar-refractivity contribution in [1.29, 1.82) is 0 Å². The number of hydrogen-bond acceptors (Lipinski definition) is 4. The first-order chi connectivity index (χ1) is 13.2. The first kappa shape index (κ1) is 22.4. The molecular weight excluding hydrogens is 392 g/mol. The van der Waals surface area contributed by atoms with Crippen molar-refractivity contribution in [2.45, 2.75) is 37.9 Å². The van der Waals surface area contributed by atoms with E-state index < -0.39 is 10.0 Å². The van der Waals surface area contributed by atoms with Crippen LogP contribution in [0.25, 0.3) is 0 Å².